The molecule has 0 bridgehead atoms. The molecule has 94 valence electrons. The lowest BCUT2D eigenvalue weighted by molar-refractivity contribution is -0.118. The van der Waals surface area contributed by atoms with Crippen LogP contribution in [0.2, 0.25) is 0 Å². The van der Waals surface area contributed by atoms with Gasteiger partial charge in [0.1, 0.15) is 0 Å². The second kappa shape index (κ2) is 6.11. The fraction of sp³-hybridized carbons (Fsp3) is 0.400. The van der Waals surface area contributed by atoms with Crippen molar-refractivity contribution in [2.75, 3.05) is 12.3 Å². The van der Waals surface area contributed by atoms with Gasteiger partial charge in [-0.05, 0) is 34.5 Å². The quantitative estimate of drug-likeness (QED) is 0.825. The molecular weight excluding hydrogens is 308 g/mol. The summed E-state index contributed by atoms with van der Waals surface area (Å²) in [6.07, 6.45) is 1.82. The predicted molar refractivity (Wildman–Crippen MR) is 67.3 cm³/mol. The molecule has 1 N–H and O–H groups in total. The highest BCUT2D eigenvalue weighted by molar-refractivity contribution is 9.10. The molecular formula is C10H13BrN2O3S. The van der Waals surface area contributed by atoms with Crippen molar-refractivity contribution in [2.45, 2.75) is 18.4 Å². The molecule has 17 heavy (non-hydrogen) atoms. The number of rotatable bonds is 5. The molecule has 0 radical (unpaired) electrons. The van der Waals surface area contributed by atoms with Crippen LogP contribution in [0.15, 0.2) is 27.8 Å². The highest BCUT2D eigenvalue weighted by atomic mass is 79.9. The topological polar surface area (TPSA) is 76.1 Å². The van der Waals surface area contributed by atoms with Gasteiger partial charge in [-0.15, -0.1) is 0 Å². The average molecular weight is 321 g/mol. The van der Waals surface area contributed by atoms with Crippen molar-refractivity contribution in [3.05, 3.63) is 22.8 Å². The molecule has 1 amide bonds. The summed E-state index contributed by atoms with van der Waals surface area (Å²) < 4.78 is 24.3. The average Bonchev–Trinajstić information content (AvgIpc) is 2.25. The molecule has 1 rings (SSSR count). The molecule has 5 nitrogen and oxygen atoms in total. The third-order valence-corrected chi connectivity index (χ3v) is 4.16. The maximum Gasteiger partial charge on any atom is 0.216 e. The summed E-state index contributed by atoms with van der Waals surface area (Å²) in [6, 6.07) is 3.09. The summed E-state index contributed by atoms with van der Waals surface area (Å²) in [5.74, 6) is -0.189. The molecule has 0 saturated heterocycles. The molecule has 7 heteroatoms. The van der Waals surface area contributed by atoms with Crippen LogP contribution < -0.4 is 5.32 Å². The number of nitrogens with one attached hydrogen (secondary N) is 1. The monoisotopic (exact) mass is 320 g/mol. The normalized spacial score (nSPS) is 11.2. The minimum absolute atomic E-state index is 0.0259. The van der Waals surface area contributed by atoms with E-state index in [0.29, 0.717) is 13.0 Å². The zero-order valence-corrected chi connectivity index (χ0v) is 11.7. The molecule has 0 aliphatic rings. The number of aromatic nitrogens is 1. The van der Waals surface area contributed by atoms with Crippen molar-refractivity contribution in [3.63, 3.8) is 0 Å². The smallest absolute Gasteiger partial charge is 0.216 e. The predicted octanol–water partition coefficient (Wildman–Crippen LogP) is 1.14. The van der Waals surface area contributed by atoms with E-state index in [2.05, 4.69) is 26.2 Å². The Morgan fingerprint density at radius 3 is 2.71 bits per heavy atom. The van der Waals surface area contributed by atoms with E-state index in [-0.39, 0.29) is 16.7 Å². The van der Waals surface area contributed by atoms with Gasteiger partial charge in [0.05, 0.1) is 5.75 Å². The zero-order chi connectivity index (χ0) is 12.9. The lowest BCUT2D eigenvalue weighted by Gasteiger charge is -2.04. The molecule has 0 saturated carbocycles. The lowest BCUT2D eigenvalue weighted by Crippen LogP contribution is -2.23. The highest BCUT2D eigenvalue weighted by Crippen LogP contribution is 2.13. The number of carbonyl (C=O) groups excluding carboxylic acids is 1. The fourth-order valence-electron chi connectivity index (χ4n) is 1.18. The number of sulfone groups is 1. The summed E-state index contributed by atoms with van der Waals surface area (Å²) in [5, 5.41) is 2.61. The van der Waals surface area contributed by atoms with Crippen LogP contribution >= 0.6 is 15.9 Å². The molecule has 0 aromatic carbocycles. The van der Waals surface area contributed by atoms with Gasteiger partial charge in [0.15, 0.2) is 14.9 Å². The van der Waals surface area contributed by atoms with E-state index in [1.807, 2.05) is 0 Å². The molecule has 1 aromatic rings. The maximum atomic E-state index is 11.8. The van der Waals surface area contributed by atoms with Gasteiger partial charge in [0, 0.05) is 24.1 Å². The number of pyridine rings is 1. The Hall–Kier alpha value is -0.950. The van der Waals surface area contributed by atoms with Gasteiger partial charge in [-0.3, -0.25) is 4.79 Å². The van der Waals surface area contributed by atoms with Gasteiger partial charge in [0.25, 0.3) is 0 Å². The first-order chi connectivity index (χ1) is 7.92. The third-order valence-electron chi connectivity index (χ3n) is 1.98. The number of hydrogen-bond acceptors (Lipinski definition) is 4. The van der Waals surface area contributed by atoms with Crippen LogP contribution in [0.3, 0.4) is 0 Å². The summed E-state index contributed by atoms with van der Waals surface area (Å²) in [5.41, 5.74) is 0. The van der Waals surface area contributed by atoms with Crippen LogP contribution in [-0.2, 0) is 14.6 Å². The summed E-state index contributed by atoms with van der Waals surface area (Å²) in [6.45, 7) is 1.75. The molecule has 0 unspecified atom stereocenters. The first kappa shape index (κ1) is 14.1. The van der Waals surface area contributed by atoms with Crippen LogP contribution in [0.5, 0.6) is 0 Å². The molecule has 0 aliphatic carbocycles. The number of halogens is 1. The number of carbonyl (C=O) groups is 1. The second-order valence-electron chi connectivity index (χ2n) is 3.47. The minimum atomic E-state index is -3.36. The number of amides is 1. The van der Waals surface area contributed by atoms with Gasteiger partial charge in [0.2, 0.25) is 5.91 Å². The van der Waals surface area contributed by atoms with E-state index in [9.17, 15) is 13.2 Å². The molecule has 1 aromatic heterocycles. The Kier molecular flexibility index (Phi) is 5.07. The molecule has 0 atom stereocenters. The van der Waals surface area contributed by atoms with Crippen LogP contribution in [0.25, 0.3) is 0 Å². The van der Waals surface area contributed by atoms with Crippen LogP contribution in [0.1, 0.15) is 13.3 Å². The van der Waals surface area contributed by atoms with Crippen molar-refractivity contribution in [1.29, 1.82) is 0 Å². The first-order valence-electron chi connectivity index (χ1n) is 5.00. The Balaban J connectivity index is 2.57. The first-order valence-corrected chi connectivity index (χ1v) is 7.45. The second-order valence-corrected chi connectivity index (χ2v) is 6.44. The van der Waals surface area contributed by atoms with Crippen LogP contribution in [-0.4, -0.2) is 31.6 Å². The van der Waals surface area contributed by atoms with Gasteiger partial charge in [-0.2, -0.15) is 0 Å². The zero-order valence-electron chi connectivity index (χ0n) is 9.31. The summed E-state index contributed by atoms with van der Waals surface area (Å²) in [7, 11) is -3.36. The molecule has 1 heterocycles. The third kappa shape index (κ3) is 4.82. The lowest BCUT2D eigenvalue weighted by atomic mass is 10.5. The summed E-state index contributed by atoms with van der Waals surface area (Å²) in [4.78, 5) is 14.4. The molecule has 0 spiro atoms. The minimum Gasteiger partial charge on any atom is -0.356 e. The molecule has 0 fully saturated rings. The van der Waals surface area contributed by atoms with E-state index in [0.717, 1.165) is 4.47 Å². The van der Waals surface area contributed by atoms with Crippen LogP contribution in [0.4, 0.5) is 0 Å². The van der Waals surface area contributed by atoms with Gasteiger partial charge in [-0.1, -0.05) is 0 Å². The van der Waals surface area contributed by atoms with Crippen molar-refractivity contribution < 1.29 is 13.2 Å². The van der Waals surface area contributed by atoms with E-state index in [1.165, 1.54) is 19.2 Å². The Morgan fingerprint density at radius 1 is 1.47 bits per heavy atom. The van der Waals surface area contributed by atoms with E-state index >= 15 is 0 Å². The number of nitrogens with zero attached hydrogens (tertiary/aromatic N) is 1. The highest BCUT2D eigenvalue weighted by Gasteiger charge is 2.15. The van der Waals surface area contributed by atoms with E-state index < -0.39 is 9.84 Å². The number of hydrogen-bond donors (Lipinski definition) is 1. The maximum absolute atomic E-state index is 11.8. The standard InChI is InChI=1S/C10H13BrN2O3S/c1-8(14)12-5-2-6-17(15,16)10-4-3-9(11)7-13-10/h3-4,7H,2,5-6H2,1H3,(H,12,14). The van der Waals surface area contributed by atoms with Crippen LogP contribution in [0, 0.1) is 0 Å². The largest absolute Gasteiger partial charge is 0.356 e. The van der Waals surface area contributed by atoms with Crippen molar-refractivity contribution in [3.8, 4) is 0 Å². The summed E-state index contributed by atoms with van der Waals surface area (Å²) >= 11 is 3.19. The molecule has 0 aliphatic heterocycles. The Bertz CT molecular complexity index is 485. The van der Waals surface area contributed by atoms with Crippen molar-refractivity contribution >= 4 is 31.7 Å². The Morgan fingerprint density at radius 2 is 2.18 bits per heavy atom. The van der Waals surface area contributed by atoms with E-state index in [1.54, 1.807) is 6.07 Å². The van der Waals surface area contributed by atoms with Gasteiger partial charge >= 0.3 is 0 Å². The van der Waals surface area contributed by atoms with Crippen molar-refractivity contribution in [1.82, 2.24) is 10.3 Å². The SMILES string of the molecule is CC(=O)NCCCS(=O)(=O)c1ccc(Br)cn1. The fourth-order valence-corrected chi connectivity index (χ4v) is 2.63. The Labute approximate surface area is 109 Å². The van der Waals surface area contributed by atoms with Crippen molar-refractivity contribution in [2.24, 2.45) is 0 Å². The van der Waals surface area contributed by atoms with Gasteiger partial charge < -0.3 is 5.32 Å². The van der Waals surface area contributed by atoms with Gasteiger partial charge in [-0.25, -0.2) is 13.4 Å². The van der Waals surface area contributed by atoms with E-state index in [4.69, 9.17) is 0 Å².